The molecule has 0 fully saturated rings. The van der Waals surface area contributed by atoms with Crippen LogP contribution in [0.25, 0.3) is 0 Å². The summed E-state index contributed by atoms with van der Waals surface area (Å²) in [6, 6.07) is -0.925. The van der Waals surface area contributed by atoms with E-state index in [0.29, 0.717) is 4.88 Å². The molecule has 1 atom stereocenters. The summed E-state index contributed by atoms with van der Waals surface area (Å²) in [7, 11) is 0. The third-order valence-electron chi connectivity index (χ3n) is 1.80. The highest BCUT2D eigenvalue weighted by Gasteiger charge is 2.20. The predicted molar refractivity (Wildman–Crippen MR) is 58.2 cm³/mol. The van der Waals surface area contributed by atoms with Crippen LogP contribution in [0.15, 0.2) is 18.3 Å². The van der Waals surface area contributed by atoms with Crippen LogP contribution in [0.3, 0.4) is 0 Å². The average Bonchev–Trinajstić information content (AvgIpc) is 2.76. The molecule has 1 amide bonds. The van der Waals surface area contributed by atoms with Crippen LogP contribution in [0.2, 0.25) is 0 Å². The van der Waals surface area contributed by atoms with E-state index in [9.17, 15) is 9.59 Å². The molecule has 1 aromatic rings. The molecule has 1 unspecified atom stereocenters. The standard InChI is InChI=1S/C9H11N3O3S/c1-2-3-4-6(9(14)15)11-8(13)7-5-10-12-16-7/h2-3,5-6H,4H2,1H3,(H,11,13)(H,14,15)/b3-2+. The van der Waals surface area contributed by atoms with Crippen LogP contribution in [0.4, 0.5) is 0 Å². The van der Waals surface area contributed by atoms with Crippen molar-refractivity contribution in [1.29, 1.82) is 0 Å². The lowest BCUT2D eigenvalue weighted by Gasteiger charge is -2.10. The molecule has 86 valence electrons. The number of amides is 1. The molecule has 0 aliphatic carbocycles. The minimum atomic E-state index is -1.07. The van der Waals surface area contributed by atoms with E-state index in [-0.39, 0.29) is 6.42 Å². The molecule has 0 aromatic carbocycles. The summed E-state index contributed by atoms with van der Waals surface area (Å²) in [6.45, 7) is 1.79. The summed E-state index contributed by atoms with van der Waals surface area (Å²) in [4.78, 5) is 22.6. The van der Waals surface area contributed by atoms with Crippen molar-refractivity contribution in [3.63, 3.8) is 0 Å². The third-order valence-corrected chi connectivity index (χ3v) is 2.46. The molecule has 0 radical (unpaired) electrons. The van der Waals surface area contributed by atoms with Crippen molar-refractivity contribution < 1.29 is 14.7 Å². The molecule has 0 saturated carbocycles. The Labute approximate surface area is 96.2 Å². The van der Waals surface area contributed by atoms with Gasteiger partial charge < -0.3 is 10.4 Å². The van der Waals surface area contributed by atoms with Crippen molar-refractivity contribution >= 4 is 23.4 Å². The largest absolute Gasteiger partial charge is 0.480 e. The third kappa shape index (κ3) is 3.43. The van der Waals surface area contributed by atoms with Crippen molar-refractivity contribution in [1.82, 2.24) is 14.9 Å². The van der Waals surface area contributed by atoms with E-state index in [2.05, 4.69) is 14.9 Å². The monoisotopic (exact) mass is 241 g/mol. The number of nitrogens with one attached hydrogen (secondary N) is 1. The average molecular weight is 241 g/mol. The van der Waals surface area contributed by atoms with E-state index in [4.69, 9.17) is 5.11 Å². The first-order valence-electron chi connectivity index (χ1n) is 4.57. The molecule has 7 heteroatoms. The van der Waals surface area contributed by atoms with Crippen molar-refractivity contribution in [3.05, 3.63) is 23.2 Å². The molecule has 6 nitrogen and oxygen atoms in total. The van der Waals surface area contributed by atoms with Crippen LogP contribution in [0, 0.1) is 0 Å². The number of rotatable bonds is 5. The number of aliphatic carboxylic acids is 1. The highest BCUT2D eigenvalue weighted by atomic mass is 32.1. The lowest BCUT2D eigenvalue weighted by atomic mass is 10.2. The summed E-state index contributed by atoms with van der Waals surface area (Å²) in [6.07, 6.45) is 4.97. The Kier molecular flexibility index (Phi) is 4.59. The summed E-state index contributed by atoms with van der Waals surface area (Å²) in [5.41, 5.74) is 0. The Morgan fingerprint density at radius 1 is 1.69 bits per heavy atom. The Morgan fingerprint density at radius 2 is 2.44 bits per heavy atom. The van der Waals surface area contributed by atoms with Crippen LogP contribution in [-0.4, -0.2) is 32.6 Å². The molecule has 0 aliphatic heterocycles. The van der Waals surface area contributed by atoms with Gasteiger partial charge >= 0.3 is 5.97 Å². The fourth-order valence-electron chi connectivity index (χ4n) is 0.990. The van der Waals surface area contributed by atoms with Crippen molar-refractivity contribution in [2.24, 2.45) is 0 Å². The molecule has 0 saturated heterocycles. The van der Waals surface area contributed by atoms with Crippen LogP contribution >= 0.6 is 11.5 Å². The molecule has 1 aromatic heterocycles. The van der Waals surface area contributed by atoms with Crippen molar-refractivity contribution in [2.45, 2.75) is 19.4 Å². The first kappa shape index (κ1) is 12.3. The van der Waals surface area contributed by atoms with Gasteiger partial charge in [0.15, 0.2) is 0 Å². The first-order chi connectivity index (χ1) is 7.65. The summed E-state index contributed by atoms with van der Waals surface area (Å²) in [5.74, 6) is -1.53. The number of carbonyl (C=O) groups is 2. The van der Waals surface area contributed by atoms with Gasteiger partial charge in [-0.05, 0) is 24.9 Å². The van der Waals surface area contributed by atoms with Crippen LogP contribution in [0.1, 0.15) is 23.0 Å². The molecule has 1 heterocycles. The molecular weight excluding hydrogens is 230 g/mol. The zero-order valence-corrected chi connectivity index (χ0v) is 9.40. The Morgan fingerprint density at radius 3 is 2.94 bits per heavy atom. The highest BCUT2D eigenvalue weighted by Crippen LogP contribution is 2.03. The normalized spacial score (nSPS) is 12.6. The van der Waals surface area contributed by atoms with Crippen LogP contribution in [0.5, 0.6) is 0 Å². The van der Waals surface area contributed by atoms with Gasteiger partial charge in [-0.3, -0.25) is 4.79 Å². The minimum Gasteiger partial charge on any atom is -0.480 e. The second kappa shape index (κ2) is 5.96. The van der Waals surface area contributed by atoms with Crippen LogP contribution in [-0.2, 0) is 4.79 Å². The number of hydrogen-bond acceptors (Lipinski definition) is 5. The smallest absolute Gasteiger partial charge is 0.326 e. The van der Waals surface area contributed by atoms with Gasteiger partial charge in [-0.2, -0.15) is 0 Å². The topological polar surface area (TPSA) is 92.2 Å². The lowest BCUT2D eigenvalue weighted by Crippen LogP contribution is -2.40. The summed E-state index contributed by atoms with van der Waals surface area (Å²) in [5, 5.41) is 14.8. The molecule has 0 bridgehead atoms. The van der Waals surface area contributed by atoms with Crippen molar-refractivity contribution in [2.75, 3.05) is 0 Å². The molecule has 1 rings (SSSR count). The Balaban J connectivity index is 2.61. The lowest BCUT2D eigenvalue weighted by molar-refractivity contribution is -0.139. The fourth-order valence-corrected chi connectivity index (χ4v) is 1.41. The van der Waals surface area contributed by atoms with Gasteiger partial charge in [-0.25, -0.2) is 4.79 Å². The number of nitrogens with zero attached hydrogens (tertiary/aromatic N) is 2. The maximum atomic E-state index is 11.5. The van der Waals surface area contributed by atoms with Gasteiger partial charge in [-0.15, -0.1) is 5.10 Å². The van der Waals surface area contributed by atoms with E-state index in [1.54, 1.807) is 19.1 Å². The molecule has 16 heavy (non-hydrogen) atoms. The van der Waals surface area contributed by atoms with E-state index in [1.165, 1.54) is 6.20 Å². The summed E-state index contributed by atoms with van der Waals surface area (Å²) < 4.78 is 3.53. The number of carboxylic acids is 1. The van der Waals surface area contributed by atoms with E-state index < -0.39 is 17.9 Å². The van der Waals surface area contributed by atoms with Gasteiger partial charge in [0, 0.05) is 0 Å². The fraction of sp³-hybridized carbons (Fsp3) is 0.333. The number of carbonyl (C=O) groups excluding carboxylic acids is 1. The van der Waals surface area contributed by atoms with Gasteiger partial charge in [0.05, 0.1) is 6.20 Å². The number of aromatic nitrogens is 2. The number of carboxylic acid groups (broad SMARTS) is 1. The Hall–Kier alpha value is -1.76. The van der Waals surface area contributed by atoms with Gasteiger partial charge in [-0.1, -0.05) is 16.6 Å². The number of allylic oxidation sites excluding steroid dienone is 1. The Bertz CT molecular complexity index is 389. The minimum absolute atomic E-state index is 0.254. The molecule has 0 spiro atoms. The summed E-state index contributed by atoms with van der Waals surface area (Å²) >= 11 is 0.924. The second-order valence-electron chi connectivity index (χ2n) is 2.95. The van der Waals surface area contributed by atoms with Gasteiger partial charge in [0.1, 0.15) is 10.9 Å². The zero-order valence-electron chi connectivity index (χ0n) is 8.58. The van der Waals surface area contributed by atoms with Gasteiger partial charge in [0.2, 0.25) is 0 Å². The maximum absolute atomic E-state index is 11.5. The molecule has 2 N–H and O–H groups in total. The van der Waals surface area contributed by atoms with Gasteiger partial charge in [0.25, 0.3) is 5.91 Å². The first-order valence-corrected chi connectivity index (χ1v) is 5.34. The predicted octanol–water partition coefficient (Wildman–Crippen LogP) is 0.687. The van der Waals surface area contributed by atoms with E-state index in [1.807, 2.05) is 0 Å². The second-order valence-corrected chi connectivity index (χ2v) is 3.74. The zero-order chi connectivity index (χ0) is 12.0. The highest BCUT2D eigenvalue weighted by molar-refractivity contribution is 7.07. The van der Waals surface area contributed by atoms with Crippen LogP contribution < -0.4 is 5.32 Å². The maximum Gasteiger partial charge on any atom is 0.326 e. The SMILES string of the molecule is C/C=C/CC(NC(=O)c1cnns1)C(=O)O. The number of hydrogen-bond donors (Lipinski definition) is 2. The van der Waals surface area contributed by atoms with E-state index >= 15 is 0 Å². The molecule has 0 aliphatic rings. The van der Waals surface area contributed by atoms with E-state index in [0.717, 1.165) is 11.5 Å². The molecular formula is C9H11N3O3S. The van der Waals surface area contributed by atoms with Crippen molar-refractivity contribution in [3.8, 4) is 0 Å². The quantitative estimate of drug-likeness (QED) is 0.740.